The molecule has 2 aromatic rings. The topological polar surface area (TPSA) is 75.3 Å². The Morgan fingerprint density at radius 2 is 1.70 bits per heavy atom. The summed E-state index contributed by atoms with van der Waals surface area (Å²) in [5.41, 5.74) is 2.61. The summed E-state index contributed by atoms with van der Waals surface area (Å²) in [6, 6.07) is 11.3. The van der Waals surface area contributed by atoms with Crippen LogP contribution in [0.5, 0.6) is 17.2 Å². The summed E-state index contributed by atoms with van der Waals surface area (Å²) < 4.78 is 27.0. The van der Waals surface area contributed by atoms with Crippen LogP contribution >= 0.6 is 0 Å². The molecule has 0 aromatic heterocycles. The number of methoxy groups -OCH3 is 3. The van der Waals surface area contributed by atoms with Crippen LogP contribution in [0.2, 0.25) is 0 Å². The fourth-order valence-electron chi connectivity index (χ4n) is 3.02. The van der Waals surface area contributed by atoms with Crippen LogP contribution in [0.3, 0.4) is 0 Å². The van der Waals surface area contributed by atoms with E-state index < -0.39 is 0 Å². The summed E-state index contributed by atoms with van der Waals surface area (Å²) in [7, 11) is 4.70. The van der Waals surface area contributed by atoms with Gasteiger partial charge < -0.3 is 29.0 Å². The Balaban J connectivity index is 1.91. The SMILES string of the molecule is CCOCCOCc1cccc(NC(=O)CCc2ccc(OC)c(OC)c2OC)c1. The van der Waals surface area contributed by atoms with Gasteiger partial charge in [-0.05, 0) is 42.7 Å². The summed E-state index contributed by atoms with van der Waals surface area (Å²) >= 11 is 0. The minimum atomic E-state index is -0.0822. The molecule has 2 aromatic carbocycles. The molecule has 0 spiro atoms. The monoisotopic (exact) mass is 417 g/mol. The number of ether oxygens (including phenoxy) is 5. The molecule has 0 heterocycles. The lowest BCUT2D eigenvalue weighted by Crippen LogP contribution is -2.13. The van der Waals surface area contributed by atoms with Crippen LogP contribution in [0.1, 0.15) is 24.5 Å². The van der Waals surface area contributed by atoms with Crippen molar-refractivity contribution >= 4 is 11.6 Å². The molecule has 0 bridgehead atoms. The summed E-state index contributed by atoms with van der Waals surface area (Å²) in [5.74, 6) is 1.61. The first-order valence-corrected chi connectivity index (χ1v) is 9.95. The number of anilines is 1. The predicted octanol–water partition coefficient (Wildman–Crippen LogP) is 3.84. The number of hydrogen-bond acceptors (Lipinski definition) is 6. The predicted molar refractivity (Wildman–Crippen MR) is 116 cm³/mol. The molecule has 0 aliphatic heterocycles. The van der Waals surface area contributed by atoms with Crippen LogP contribution in [-0.2, 0) is 27.3 Å². The van der Waals surface area contributed by atoms with E-state index in [9.17, 15) is 4.79 Å². The van der Waals surface area contributed by atoms with Gasteiger partial charge in [0.05, 0.1) is 41.2 Å². The molecule has 30 heavy (non-hydrogen) atoms. The van der Waals surface area contributed by atoms with Crippen LogP contribution < -0.4 is 19.5 Å². The highest BCUT2D eigenvalue weighted by Gasteiger charge is 2.16. The fraction of sp³-hybridized carbons (Fsp3) is 0.435. The highest BCUT2D eigenvalue weighted by molar-refractivity contribution is 5.91. The van der Waals surface area contributed by atoms with Gasteiger partial charge in [-0.3, -0.25) is 4.79 Å². The Labute approximate surface area is 178 Å². The molecule has 0 unspecified atom stereocenters. The second-order valence-electron chi connectivity index (χ2n) is 6.49. The van der Waals surface area contributed by atoms with Crippen molar-refractivity contribution < 1.29 is 28.5 Å². The number of carbonyl (C=O) groups excluding carboxylic acids is 1. The first-order valence-electron chi connectivity index (χ1n) is 9.95. The maximum Gasteiger partial charge on any atom is 0.224 e. The van der Waals surface area contributed by atoms with Crippen molar-refractivity contribution in [3.8, 4) is 17.2 Å². The second-order valence-corrected chi connectivity index (χ2v) is 6.49. The third-order valence-corrected chi connectivity index (χ3v) is 4.46. The molecule has 1 N–H and O–H groups in total. The van der Waals surface area contributed by atoms with E-state index in [0.717, 1.165) is 16.8 Å². The molecule has 164 valence electrons. The van der Waals surface area contributed by atoms with Crippen molar-refractivity contribution in [1.29, 1.82) is 0 Å². The van der Waals surface area contributed by atoms with Crippen molar-refractivity contribution in [2.24, 2.45) is 0 Å². The van der Waals surface area contributed by atoms with Crippen molar-refractivity contribution in [2.45, 2.75) is 26.4 Å². The molecule has 0 radical (unpaired) electrons. The van der Waals surface area contributed by atoms with Gasteiger partial charge in [0, 0.05) is 18.7 Å². The molecule has 0 aliphatic rings. The van der Waals surface area contributed by atoms with Gasteiger partial charge in [-0.1, -0.05) is 18.2 Å². The lowest BCUT2D eigenvalue weighted by molar-refractivity contribution is -0.116. The molecular weight excluding hydrogens is 386 g/mol. The fourth-order valence-corrected chi connectivity index (χ4v) is 3.02. The Bertz CT molecular complexity index is 808. The van der Waals surface area contributed by atoms with E-state index in [1.165, 1.54) is 0 Å². The van der Waals surface area contributed by atoms with Gasteiger partial charge >= 0.3 is 0 Å². The third-order valence-electron chi connectivity index (χ3n) is 4.46. The van der Waals surface area contributed by atoms with Crippen LogP contribution in [0, 0.1) is 0 Å². The Morgan fingerprint density at radius 1 is 0.933 bits per heavy atom. The lowest BCUT2D eigenvalue weighted by atomic mass is 10.1. The normalized spacial score (nSPS) is 10.5. The smallest absolute Gasteiger partial charge is 0.224 e. The van der Waals surface area contributed by atoms with Crippen LogP contribution in [-0.4, -0.2) is 47.1 Å². The van der Waals surface area contributed by atoms with E-state index in [4.69, 9.17) is 23.7 Å². The van der Waals surface area contributed by atoms with Gasteiger partial charge in [0.1, 0.15) is 0 Å². The summed E-state index contributed by atoms with van der Waals surface area (Å²) in [4.78, 5) is 12.5. The minimum Gasteiger partial charge on any atom is -0.493 e. The van der Waals surface area contributed by atoms with Gasteiger partial charge in [-0.15, -0.1) is 0 Å². The number of rotatable bonds is 13. The van der Waals surface area contributed by atoms with Crippen molar-refractivity contribution in [3.05, 3.63) is 47.5 Å². The summed E-state index contributed by atoms with van der Waals surface area (Å²) in [5, 5.41) is 2.94. The first-order chi connectivity index (χ1) is 14.6. The quantitative estimate of drug-likeness (QED) is 0.499. The van der Waals surface area contributed by atoms with Crippen molar-refractivity contribution in [3.63, 3.8) is 0 Å². The maximum atomic E-state index is 12.5. The zero-order valence-electron chi connectivity index (χ0n) is 18.2. The largest absolute Gasteiger partial charge is 0.493 e. The van der Waals surface area contributed by atoms with E-state index in [2.05, 4.69) is 5.32 Å². The first kappa shape index (κ1) is 23.5. The Kier molecular flexibility index (Phi) is 9.97. The number of hydrogen-bond donors (Lipinski definition) is 1. The van der Waals surface area contributed by atoms with E-state index in [-0.39, 0.29) is 5.91 Å². The van der Waals surface area contributed by atoms with Gasteiger partial charge in [0.2, 0.25) is 11.7 Å². The average molecular weight is 418 g/mol. The highest BCUT2D eigenvalue weighted by Crippen LogP contribution is 2.40. The molecule has 2 rings (SSSR count). The molecule has 7 nitrogen and oxygen atoms in total. The van der Waals surface area contributed by atoms with Gasteiger partial charge in [-0.25, -0.2) is 0 Å². The molecule has 0 fully saturated rings. The molecule has 0 aliphatic carbocycles. The Morgan fingerprint density at radius 3 is 2.40 bits per heavy atom. The van der Waals surface area contributed by atoms with E-state index in [1.807, 2.05) is 43.3 Å². The molecule has 1 amide bonds. The molecule has 7 heteroatoms. The molecular formula is C23H31NO6. The van der Waals surface area contributed by atoms with Gasteiger partial charge in [-0.2, -0.15) is 0 Å². The van der Waals surface area contributed by atoms with Crippen LogP contribution in [0.4, 0.5) is 5.69 Å². The second kappa shape index (κ2) is 12.7. The number of carbonyl (C=O) groups is 1. The number of benzene rings is 2. The molecule has 0 saturated heterocycles. The standard InChI is InChI=1S/C23H31NO6/c1-5-29-13-14-30-16-17-7-6-8-19(15-17)24-21(25)12-10-18-9-11-20(26-2)23(28-4)22(18)27-3/h6-9,11,15H,5,10,12-14,16H2,1-4H3,(H,24,25). The zero-order chi connectivity index (χ0) is 21.8. The average Bonchev–Trinajstić information content (AvgIpc) is 2.77. The van der Waals surface area contributed by atoms with Gasteiger partial charge in [0.25, 0.3) is 0 Å². The number of nitrogens with one attached hydrogen (secondary N) is 1. The lowest BCUT2D eigenvalue weighted by Gasteiger charge is -2.15. The maximum absolute atomic E-state index is 12.5. The Hall–Kier alpha value is -2.77. The summed E-state index contributed by atoms with van der Waals surface area (Å²) in [6.45, 7) is 4.22. The van der Waals surface area contributed by atoms with E-state index in [0.29, 0.717) is 56.5 Å². The van der Waals surface area contributed by atoms with Crippen LogP contribution in [0.25, 0.3) is 0 Å². The summed E-state index contributed by atoms with van der Waals surface area (Å²) in [6.07, 6.45) is 0.816. The van der Waals surface area contributed by atoms with Crippen LogP contribution in [0.15, 0.2) is 36.4 Å². The number of amides is 1. The van der Waals surface area contributed by atoms with Gasteiger partial charge in [0.15, 0.2) is 11.5 Å². The minimum absolute atomic E-state index is 0.0822. The third kappa shape index (κ3) is 6.93. The number of aryl methyl sites for hydroxylation is 1. The molecule has 0 atom stereocenters. The van der Waals surface area contributed by atoms with E-state index >= 15 is 0 Å². The zero-order valence-corrected chi connectivity index (χ0v) is 18.2. The highest BCUT2D eigenvalue weighted by atomic mass is 16.5. The van der Waals surface area contributed by atoms with Crippen molar-refractivity contribution in [2.75, 3.05) is 46.5 Å². The molecule has 0 saturated carbocycles. The van der Waals surface area contributed by atoms with E-state index in [1.54, 1.807) is 21.3 Å². The van der Waals surface area contributed by atoms with Crippen molar-refractivity contribution in [1.82, 2.24) is 0 Å².